The standard InChI is InChI=1S/C13H16N2/c14-7-10-5-9(10)6-11-8-15-13-4-2-1-3-12(11)13/h1-4,8-10,15H,5-7,14H2. The molecule has 15 heavy (non-hydrogen) atoms. The third kappa shape index (κ3) is 1.55. The number of nitrogens with two attached hydrogens (primary N) is 1. The second-order valence-corrected chi connectivity index (χ2v) is 4.56. The Hall–Kier alpha value is -1.28. The number of hydrogen-bond acceptors (Lipinski definition) is 1. The normalized spacial score (nSPS) is 24.6. The summed E-state index contributed by atoms with van der Waals surface area (Å²) in [6, 6.07) is 8.50. The van der Waals surface area contributed by atoms with Gasteiger partial charge in [-0.15, -0.1) is 0 Å². The van der Waals surface area contributed by atoms with E-state index in [-0.39, 0.29) is 0 Å². The summed E-state index contributed by atoms with van der Waals surface area (Å²) in [6.45, 7) is 0.854. The van der Waals surface area contributed by atoms with Gasteiger partial charge in [0, 0.05) is 17.1 Å². The van der Waals surface area contributed by atoms with Gasteiger partial charge in [-0.3, -0.25) is 0 Å². The van der Waals surface area contributed by atoms with E-state index in [9.17, 15) is 0 Å². The lowest BCUT2D eigenvalue weighted by molar-refractivity contribution is 0.707. The highest BCUT2D eigenvalue weighted by Gasteiger charge is 2.35. The topological polar surface area (TPSA) is 41.8 Å². The first-order chi connectivity index (χ1) is 7.38. The molecule has 0 radical (unpaired) electrons. The van der Waals surface area contributed by atoms with Crippen LogP contribution in [0.15, 0.2) is 30.5 Å². The van der Waals surface area contributed by atoms with Gasteiger partial charge in [-0.05, 0) is 42.9 Å². The predicted molar refractivity (Wildman–Crippen MR) is 62.7 cm³/mol. The van der Waals surface area contributed by atoms with E-state index in [1.165, 1.54) is 29.3 Å². The lowest BCUT2D eigenvalue weighted by atomic mass is 10.1. The van der Waals surface area contributed by atoms with Crippen molar-refractivity contribution in [3.05, 3.63) is 36.0 Å². The highest BCUT2D eigenvalue weighted by Crippen LogP contribution is 2.41. The van der Waals surface area contributed by atoms with Gasteiger partial charge in [-0.1, -0.05) is 18.2 Å². The highest BCUT2D eigenvalue weighted by atomic mass is 14.7. The molecule has 1 heterocycles. The molecule has 1 fully saturated rings. The van der Waals surface area contributed by atoms with Gasteiger partial charge in [-0.25, -0.2) is 0 Å². The van der Waals surface area contributed by atoms with Gasteiger partial charge < -0.3 is 10.7 Å². The van der Waals surface area contributed by atoms with E-state index in [4.69, 9.17) is 5.73 Å². The van der Waals surface area contributed by atoms with Crippen LogP contribution in [0.25, 0.3) is 10.9 Å². The van der Waals surface area contributed by atoms with E-state index in [0.29, 0.717) is 0 Å². The molecule has 2 nitrogen and oxygen atoms in total. The fourth-order valence-electron chi connectivity index (χ4n) is 2.43. The molecule has 0 saturated heterocycles. The van der Waals surface area contributed by atoms with E-state index in [2.05, 4.69) is 35.4 Å². The average Bonchev–Trinajstić information content (AvgIpc) is 2.91. The summed E-state index contributed by atoms with van der Waals surface area (Å²) in [4.78, 5) is 3.32. The molecular weight excluding hydrogens is 184 g/mol. The summed E-state index contributed by atoms with van der Waals surface area (Å²) in [6.07, 6.45) is 4.65. The van der Waals surface area contributed by atoms with Gasteiger partial charge in [0.2, 0.25) is 0 Å². The average molecular weight is 200 g/mol. The largest absolute Gasteiger partial charge is 0.361 e. The van der Waals surface area contributed by atoms with Crippen molar-refractivity contribution in [1.82, 2.24) is 4.98 Å². The molecule has 3 N–H and O–H groups in total. The van der Waals surface area contributed by atoms with Crippen LogP contribution in [0.2, 0.25) is 0 Å². The first-order valence-electron chi connectivity index (χ1n) is 5.63. The van der Waals surface area contributed by atoms with E-state index in [0.717, 1.165) is 18.4 Å². The maximum Gasteiger partial charge on any atom is 0.0456 e. The van der Waals surface area contributed by atoms with Crippen molar-refractivity contribution in [2.45, 2.75) is 12.8 Å². The zero-order chi connectivity index (χ0) is 10.3. The smallest absolute Gasteiger partial charge is 0.0456 e. The van der Waals surface area contributed by atoms with Crippen LogP contribution in [-0.4, -0.2) is 11.5 Å². The maximum absolute atomic E-state index is 5.66. The predicted octanol–water partition coefficient (Wildman–Crippen LogP) is 2.31. The second-order valence-electron chi connectivity index (χ2n) is 4.56. The van der Waals surface area contributed by atoms with Crippen molar-refractivity contribution in [2.75, 3.05) is 6.54 Å². The second kappa shape index (κ2) is 3.38. The summed E-state index contributed by atoms with van der Waals surface area (Å²) >= 11 is 0. The summed E-state index contributed by atoms with van der Waals surface area (Å²) in [5, 5.41) is 1.38. The zero-order valence-corrected chi connectivity index (χ0v) is 8.74. The quantitative estimate of drug-likeness (QED) is 0.784. The van der Waals surface area contributed by atoms with Crippen LogP contribution in [0.5, 0.6) is 0 Å². The molecule has 3 rings (SSSR count). The fraction of sp³-hybridized carbons (Fsp3) is 0.385. The minimum Gasteiger partial charge on any atom is -0.361 e. The van der Waals surface area contributed by atoms with Gasteiger partial charge in [-0.2, -0.15) is 0 Å². The minimum atomic E-state index is 0.777. The summed E-state index contributed by atoms with van der Waals surface area (Å²) in [5.41, 5.74) is 8.36. The molecule has 1 aromatic heterocycles. The SMILES string of the molecule is NCC1CC1Cc1c[nH]c2ccccc12. The van der Waals surface area contributed by atoms with Crippen LogP contribution in [0.1, 0.15) is 12.0 Å². The zero-order valence-electron chi connectivity index (χ0n) is 8.74. The summed E-state index contributed by atoms with van der Waals surface area (Å²) in [5.74, 6) is 1.60. The first kappa shape index (κ1) is 8.98. The van der Waals surface area contributed by atoms with Crippen LogP contribution in [0.3, 0.4) is 0 Å². The number of para-hydroxylation sites is 1. The lowest BCUT2D eigenvalue weighted by Gasteiger charge is -1.97. The van der Waals surface area contributed by atoms with Crippen molar-refractivity contribution in [3.8, 4) is 0 Å². The number of benzene rings is 1. The molecule has 2 atom stereocenters. The van der Waals surface area contributed by atoms with Gasteiger partial charge >= 0.3 is 0 Å². The molecule has 78 valence electrons. The van der Waals surface area contributed by atoms with E-state index in [1.807, 2.05) is 0 Å². The molecule has 1 aliphatic rings. The van der Waals surface area contributed by atoms with Gasteiger partial charge in [0.15, 0.2) is 0 Å². The van der Waals surface area contributed by atoms with Gasteiger partial charge in [0.25, 0.3) is 0 Å². The van der Waals surface area contributed by atoms with Crippen molar-refractivity contribution in [1.29, 1.82) is 0 Å². The highest BCUT2D eigenvalue weighted by molar-refractivity contribution is 5.83. The van der Waals surface area contributed by atoms with E-state index >= 15 is 0 Å². The van der Waals surface area contributed by atoms with Crippen molar-refractivity contribution in [3.63, 3.8) is 0 Å². The van der Waals surface area contributed by atoms with E-state index < -0.39 is 0 Å². The third-order valence-electron chi connectivity index (χ3n) is 3.53. The molecule has 0 bridgehead atoms. The maximum atomic E-state index is 5.66. The molecule has 0 amide bonds. The van der Waals surface area contributed by atoms with Crippen molar-refractivity contribution < 1.29 is 0 Å². The van der Waals surface area contributed by atoms with Gasteiger partial charge in [0.1, 0.15) is 0 Å². The number of fused-ring (bicyclic) bond motifs is 1. The molecule has 2 aromatic rings. The molecule has 2 unspecified atom stereocenters. The number of aromatic amines is 1. The molecule has 2 heteroatoms. The Balaban J connectivity index is 1.86. The number of nitrogens with one attached hydrogen (secondary N) is 1. The van der Waals surface area contributed by atoms with Crippen LogP contribution < -0.4 is 5.73 Å². The fourth-order valence-corrected chi connectivity index (χ4v) is 2.43. The Morgan fingerprint density at radius 2 is 2.13 bits per heavy atom. The van der Waals surface area contributed by atoms with Crippen molar-refractivity contribution in [2.24, 2.45) is 17.6 Å². The number of rotatable bonds is 3. The van der Waals surface area contributed by atoms with E-state index in [1.54, 1.807) is 0 Å². The lowest BCUT2D eigenvalue weighted by Crippen LogP contribution is -2.03. The number of aromatic nitrogens is 1. The molecule has 0 spiro atoms. The molecule has 1 aromatic carbocycles. The first-order valence-corrected chi connectivity index (χ1v) is 5.63. The molecular formula is C13H16N2. The van der Waals surface area contributed by atoms with Crippen LogP contribution in [-0.2, 0) is 6.42 Å². The van der Waals surface area contributed by atoms with Crippen LogP contribution in [0, 0.1) is 11.8 Å². The Morgan fingerprint density at radius 3 is 2.93 bits per heavy atom. The van der Waals surface area contributed by atoms with Crippen molar-refractivity contribution >= 4 is 10.9 Å². The number of hydrogen-bond donors (Lipinski definition) is 2. The summed E-state index contributed by atoms with van der Waals surface area (Å²) < 4.78 is 0. The molecule has 1 aliphatic carbocycles. The number of H-pyrrole nitrogens is 1. The van der Waals surface area contributed by atoms with Gasteiger partial charge in [0.05, 0.1) is 0 Å². The third-order valence-corrected chi connectivity index (χ3v) is 3.53. The van der Waals surface area contributed by atoms with Crippen LogP contribution in [0.4, 0.5) is 0 Å². The Morgan fingerprint density at radius 1 is 1.27 bits per heavy atom. The monoisotopic (exact) mass is 200 g/mol. The molecule has 1 saturated carbocycles. The molecule has 0 aliphatic heterocycles. The Bertz CT molecular complexity index is 472. The summed E-state index contributed by atoms with van der Waals surface area (Å²) in [7, 11) is 0. The van der Waals surface area contributed by atoms with Crippen LogP contribution >= 0.6 is 0 Å². The Labute approximate surface area is 89.5 Å². The minimum absolute atomic E-state index is 0.777. The Kier molecular flexibility index (Phi) is 2.03.